The van der Waals surface area contributed by atoms with E-state index < -0.39 is 4.92 Å². The standard InChI is InChI=1S/C22H21N5O2S/c1-14(2)24-22-26(21(13-30-22)16-8-10-17(11-9-16)27(28)29)23-12-19-15(3)25-20-7-5-4-6-18(19)20/h4-14,25H,1-3H3. The Morgan fingerprint density at radius 1 is 1.17 bits per heavy atom. The zero-order valence-corrected chi connectivity index (χ0v) is 17.7. The molecule has 0 fully saturated rings. The van der Waals surface area contributed by atoms with Crippen LogP contribution in [0.1, 0.15) is 25.1 Å². The van der Waals surface area contributed by atoms with E-state index in [0.29, 0.717) is 0 Å². The van der Waals surface area contributed by atoms with Crippen LogP contribution in [-0.2, 0) is 0 Å². The van der Waals surface area contributed by atoms with Gasteiger partial charge in [0.15, 0.2) is 0 Å². The molecule has 2 aromatic carbocycles. The first kappa shape index (κ1) is 19.8. The molecular weight excluding hydrogens is 398 g/mol. The number of nitrogens with one attached hydrogen (secondary N) is 1. The van der Waals surface area contributed by atoms with Gasteiger partial charge in [-0.1, -0.05) is 18.2 Å². The summed E-state index contributed by atoms with van der Waals surface area (Å²) in [6, 6.07) is 14.7. The summed E-state index contributed by atoms with van der Waals surface area (Å²) in [5.74, 6) is 0. The number of para-hydroxylation sites is 1. The summed E-state index contributed by atoms with van der Waals surface area (Å²) in [6.45, 7) is 6.06. The van der Waals surface area contributed by atoms with Crippen LogP contribution < -0.4 is 4.80 Å². The Morgan fingerprint density at radius 3 is 2.60 bits per heavy atom. The fourth-order valence-corrected chi connectivity index (χ4v) is 4.22. The van der Waals surface area contributed by atoms with E-state index in [9.17, 15) is 10.1 Å². The SMILES string of the molecule is Cc1[nH]c2ccccc2c1C=Nn1c(-c2ccc([N+](=O)[O-])cc2)csc1=NC(C)C. The molecule has 4 rings (SSSR count). The molecule has 4 aromatic rings. The molecule has 0 saturated heterocycles. The zero-order valence-electron chi connectivity index (χ0n) is 16.9. The van der Waals surface area contributed by atoms with Gasteiger partial charge in [0.2, 0.25) is 4.80 Å². The topological polar surface area (TPSA) is 88.6 Å². The average molecular weight is 420 g/mol. The maximum absolute atomic E-state index is 11.0. The molecule has 0 radical (unpaired) electrons. The lowest BCUT2D eigenvalue weighted by atomic mass is 10.1. The van der Waals surface area contributed by atoms with Crippen molar-refractivity contribution in [1.29, 1.82) is 0 Å². The smallest absolute Gasteiger partial charge is 0.269 e. The van der Waals surface area contributed by atoms with Gasteiger partial charge in [0.05, 0.1) is 16.8 Å². The molecule has 30 heavy (non-hydrogen) atoms. The molecule has 0 unspecified atom stereocenters. The van der Waals surface area contributed by atoms with Crippen LogP contribution in [0.15, 0.2) is 64.0 Å². The van der Waals surface area contributed by atoms with E-state index in [2.05, 4.69) is 16.0 Å². The van der Waals surface area contributed by atoms with Crippen LogP contribution in [0.25, 0.3) is 22.2 Å². The Bertz CT molecular complexity index is 1310. The number of H-pyrrole nitrogens is 1. The quantitative estimate of drug-likeness (QED) is 0.277. The largest absolute Gasteiger partial charge is 0.358 e. The van der Waals surface area contributed by atoms with Crippen molar-refractivity contribution in [3.05, 3.63) is 80.1 Å². The van der Waals surface area contributed by atoms with E-state index in [1.54, 1.807) is 16.8 Å². The Balaban J connectivity index is 1.83. The predicted molar refractivity (Wildman–Crippen MR) is 121 cm³/mol. The number of nitrogens with zero attached hydrogens (tertiary/aromatic N) is 4. The van der Waals surface area contributed by atoms with Crippen LogP contribution >= 0.6 is 11.3 Å². The molecule has 0 aliphatic rings. The van der Waals surface area contributed by atoms with Gasteiger partial charge in [-0.3, -0.25) is 15.1 Å². The lowest BCUT2D eigenvalue weighted by Crippen LogP contribution is -2.14. The second kappa shape index (κ2) is 8.08. The van der Waals surface area contributed by atoms with Crippen molar-refractivity contribution in [2.75, 3.05) is 0 Å². The Labute approximate surface area is 177 Å². The molecular formula is C22H21N5O2S. The highest BCUT2D eigenvalue weighted by molar-refractivity contribution is 7.07. The van der Waals surface area contributed by atoms with E-state index in [4.69, 9.17) is 5.10 Å². The van der Waals surface area contributed by atoms with Crippen LogP contribution in [0.3, 0.4) is 0 Å². The first-order valence-electron chi connectivity index (χ1n) is 9.55. The van der Waals surface area contributed by atoms with Gasteiger partial charge < -0.3 is 4.98 Å². The summed E-state index contributed by atoms with van der Waals surface area (Å²) in [7, 11) is 0. The molecule has 0 bridgehead atoms. The molecule has 8 heteroatoms. The molecule has 0 atom stereocenters. The molecule has 0 aliphatic carbocycles. The fraction of sp³-hybridized carbons (Fsp3) is 0.182. The van der Waals surface area contributed by atoms with Crippen molar-refractivity contribution in [2.45, 2.75) is 26.8 Å². The zero-order chi connectivity index (χ0) is 21.3. The number of nitro groups is 1. The first-order valence-corrected chi connectivity index (χ1v) is 10.4. The van der Waals surface area contributed by atoms with Crippen molar-refractivity contribution in [1.82, 2.24) is 9.66 Å². The maximum atomic E-state index is 11.0. The summed E-state index contributed by atoms with van der Waals surface area (Å²) in [4.78, 5) is 19.4. The summed E-state index contributed by atoms with van der Waals surface area (Å²) in [6.07, 6.45) is 1.84. The Morgan fingerprint density at radius 2 is 1.90 bits per heavy atom. The highest BCUT2D eigenvalue weighted by Crippen LogP contribution is 2.24. The van der Waals surface area contributed by atoms with E-state index >= 15 is 0 Å². The van der Waals surface area contributed by atoms with Gasteiger partial charge in [-0.2, -0.15) is 5.10 Å². The number of aryl methyl sites for hydroxylation is 1. The summed E-state index contributed by atoms with van der Waals surface area (Å²) < 4.78 is 1.80. The number of aromatic amines is 1. The lowest BCUT2D eigenvalue weighted by Gasteiger charge is -2.04. The predicted octanol–water partition coefficient (Wildman–Crippen LogP) is 5.11. The number of hydrogen-bond donors (Lipinski definition) is 1. The number of nitro benzene ring substituents is 1. The average Bonchev–Trinajstić information content (AvgIpc) is 3.25. The lowest BCUT2D eigenvalue weighted by molar-refractivity contribution is -0.384. The molecule has 0 aliphatic heterocycles. The number of non-ortho nitro benzene ring substituents is 1. The minimum Gasteiger partial charge on any atom is -0.358 e. The van der Waals surface area contributed by atoms with E-state index in [1.807, 2.05) is 50.6 Å². The molecule has 2 aromatic heterocycles. The molecule has 0 saturated carbocycles. The normalized spacial score (nSPS) is 12.5. The van der Waals surface area contributed by atoms with E-state index in [1.165, 1.54) is 23.5 Å². The van der Waals surface area contributed by atoms with Crippen molar-refractivity contribution in [3.8, 4) is 11.3 Å². The van der Waals surface area contributed by atoms with Gasteiger partial charge in [0.1, 0.15) is 0 Å². The molecule has 7 nitrogen and oxygen atoms in total. The van der Waals surface area contributed by atoms with Crippen LogP contribution in [0.5, 0.6) is 0 Å². The molecule has 0 spiro atoms. The monoisotopic (exact) mass is 419 g/mol. The third-order valence-corrected chi connectivity index (χ3v) is 5.50. The fourth-order valence-electron chi connectivity index (χ4n) is 3.25. The van der Waals surface area contributed by atoms with E-state index in [-0.39, 0.29) is 11.7 Å². The van der Waals surface area contributed by atoms with Gasteiger partial charge in [-0.25, -0.2) is 4.68 Å². The van der Waals surface area contributed by atoms with Crippen LogP contribution in [0.4, 0.5) is 5.69 Å². The van der Waals surface area contributed by atoms with Gasteiger partial charge in [0.25, 0.3) is 5.69 Å². The number of benzene rings is 2. The second-order valence-corrected chi connectivity index (χ2v) is 8.03. The number of aromatic nitrogens is 2. The Kier molecular flexibility index (Phi) is 5.33. The first-order chi connectivity index (χ1) is 14.4. The Hall–Kier alpha value is -3.52. The van der Waals surface area contributed by atoms with Crippen molar-refractivity contribution in [2.24, 2.45) is 10.1 Å². The van der Waals surface area contributed by atoms with Crippen LogP contribution in [0, 0.1) is 17.0 Å². The van der Waals surface area contributed by atoms with Crippen molar-refractivity contribution in [3.63, 3.8) is 0 Å². The maximum Gasteiger partial charge on any atom is 0.269 e. The summed E-state index contributed by atoms with van der Waals surface area (Å²) in [5, 5.41) is 18.8. The third kappa shape index (κ3) is 3.81. The van der Waals surface area contributed by atoms with Gasteiger partial charge in [-0.15, -0.1) is 11.3 Å². The number of rotatable bonds is 5. The van der Waals surface area contributed by atoms with Crippen LogP contribution in [0.2, 0.25) is 0 Å². The van der Waals surface area contributed by atoms with Gasteiger partial charge in [0, 0.05) is 51.3 Å². The van der Waals surface area contributed by atoms with Gasteiger partial charge >= 0.3 is 0 Å². The van der Waals surface area contributed by atoms with Gasteiger partial charge in [-0.05, 0) is 39.0 Å². The number of fused-ring (bicyclic) bond motifs is 1. The second-order valence-electron chi connectivity index (χ2n) is 7.20. The van der Waals surface area contributed by atoms with Crippen molar-refractivity contribution >= 4 is 34.1 Å². The summed E-state index contributed by atoms with van der Waals surface area (Å²) >= 11 is 1.50. The highest BCUT2D eigenvalue weighted by atomic mass is 32.1. The van der Waals surface area contributed by atoms with Crippen molar-refractivity contribution < 1.29 is 4.92 Å². The van der Waals surface area contributed by atoms with Crippen LogP contribution in [-0.4, -0.2) is 26.8 Å². The summed E-state index contributed by atoms with van der Waals surface area (Å²) in [5.41, 5.74) is 4.86. The van der Waals surface area contributed by atoms with E-state index in [0.717, 1.165) is 38.2 Å². The molecule has 2 heterocycles. The number of thiazole rings is 1. The highest BCUT2D eigenvalue weighted by Gasteiger charge is 2.11. The molecule has 1 N–H and O–H groups in total. The number of hydrogen-bond acceptors (Lipinski definition) is 5. The molecule has 0 amide bonds. The third-order valence-electron chi connectivity index (χ3n) is 4.67. The minimum absolute atomic E-state index is 0.0607. The molecule has 152 valence electrons. The minimum atomic E-state index is -0.400.